The van der Waals surface area contributed by atoms with E-state index in [9.17, 15) is 14.4 Å². The number of amides is 2. The van der Waals surface area contributed by atoms with E-state index < -0.39 is 33.8 Å². The van der Waals surface area contributed by atoms with Crippen LogP contribution in [0.4, 0.5) is 5.69 Å². The van der Waals surface area contributed by atoms with E-state index in [2.05, 4.69) is 4.98 Å². The van der Waals surface area contributed by atoms with E-state index in [1.165, 1.54) is 19.1 Å². The maximum Gasteiger partial charge on any atom is 0.264 e. The molecule has 0 bridgehead atoms. The Labute approximate surface area is 155 Å². The first-order valence-electron chi connectivity index (χ1n) is 7.48. The zero-order valence-electron chi connectivity index (χ0n) is 13.8. The first-order valence-corrected chi connectivity index (χ1v) is 7.48. The Kier molecular flexibility index (Phi) is 3.94. The molecule has 1 unspecified atom stereocenters. The Balaban J connectivity index is 2.36. The molecule has 1 atom stereocenters. The Morgan fingerprint density at radius 2 is 1.81 bits per heavy atom. The number of carbonyl (C=O) groups is 2. The van der Waals surface area contributed by atoms with Gasteiger partial charge in [-0.1, -0.05) is 10.7 Å². The molecule has 1 fully saturated rings. The minimum absolute atomic E-state index is 0.0185. The Hall–Kier alpha value is -2.38. The lowest BCUT2D eigenvalue weighted by Crippen LogP contribution is -2.61. The molecule has 2 heterocycles. The lowest BCUT2D eigenvalue weighted by atomic mass is 9.26. The summed E-state index contributed by atoms with van der Waals surface area (Å²) in [6.45, 7) is 1.45. The quantitative estimate of drug-likeness (QED) is 0.332. The molecule has 3 rings (SSSR count). The number of carbonyl (C=O) groups excluding carboxylic acids is 2. The van der Waals surface area contributed by atoms with Gasteiger partial charge >= 0.3 is 0 Å². The van der Waals surface area contributed by atoms with Crippen molar-refractivity contribution in [3.63, 3.8) is 0 Å². The number of hydrogen-bond donors (Lipinski definition) is 2. The van der Waals surface area contributed by atoms with Crippen LogP contribution in [0.15, 0.2) is 16.9 Å². The number of anilines is 1. The summed E-state index contributed by atoms with van der Waals surface area (Å²) in [6, 6.07) is 1.24. The summed E-state index contributed by atoms with van der Waals surface area (Å²) in [5.41, 5.74) is 5.80. The summed E-state index contributed by atoms with van der Waals surface area (Å²) in [5.74, 6) is -1.92. The molecule has 0 spiro atoms. The molecule has 12 heteroatoms. The highest BCUT2D eigenvalue weighted by atomic mass is 16.2. The second-order valence-electron chi connectivity index (χ2n) is 6.36. The first kappa shape index (κ1) is 18.4. The molecule has 0 aliphatic carbocycles. The maximum absolute atomic E-state index is 13.1. The van der Waals surface area contributed by atoms with Gasteiger partial charge in [-0.25, -0.2) is 4.98 Å². The SMILES string of the molecule is [B]c1cc(N)c2c(=O)n(C3C(=O)NC(=O)C([B])([B])C3([B])[B])c(C)nc2c1. The standard InChI is InChI=1S/C14H9B5N4O3/c1-4-21-7-3-5(15)2-6(20)8(7)11(25)23(4)9-10(24)22-12(26)14(18,19)13(9,16)17/h2-3,9H,20H2,1H3,(H,22,24,26). The second kappa shape index (κ2) is 5.56. The van der Waals surface area contributed by atoms with Gasteiger partial charge in [0, 0.05) is 5.69 Å². The van der Waals surface area contributed by atoms with E-state index in [1.807, 2.05) is 5.32 Å². The predicted molar refractivity (Wildman–Crippen MR) is 101 cm³/mol. The van der Waals surface area contributed by atoms with E-state index in [1.54, 1.807) is 0 Å². The van der Waals surface area contributed by atoms with Crippen LogP contribution >= 0.6 is 0 Å². The molecule has 1 aliphatic heterocycles. The molecule has 10 radical (unpaired) electrons. The highest BCUT2D eigenvalue weighted by molar-refractivity contribution is 6.63. The number of piperidine rings is 1. The zero-order valence-corrected chi connectivity index (χ0v) is 13.8. The number of hydrogen-bond acceptors (Lipinski definition) is 5. The number of nitrogens with one attached hydrogen (secondary N) is 1. The van der Waals surface area contributed by atoms with Crippen molar-refractivity contribution in [2.45, 2.75) is 23.4 Å². The summed E-state index contributed by atoms with van der Waals surface area (Å²) < 4.78 is 0.922. The average Bonchev–Trinajstić information content (AvgIpc) is 2.48. The van der Waals surface area contributed by atoms with Gasteiger partial charge in [0.1, 0.15) is 19.7 Å². The number of nitrogens with two attached hydrogens (primary N) is 1. The van der Waals surface area contributed by atoms with Gasteiger partial charge in [-0.2, -0.15) is 0 Å². The van der Waals surface area contributed by atoms with Gasteiger partial charge in [-0.05, 0) is 24.3 Å². The summed E-state index contributed by atoms with van der Waals surface area (Å²) in [7, 11) is 29.1. The highest BCUT2D eigenvalue weighted by Gasteiger charge is 2.54. The lowest BCUT2D eigenvalue weighted by Gasteiger charge is -2.51. The fraction of sp³-hybridized carbons (Fsp3) is 0.286. The predicted octanol–water partition coefficient (Wildman–Crippen LogP) is -2.82. The number of fused-ring (bicyclic) bond motifs is 1. The highest BCUT2D eigenvalue weighted by Crippen LogP contribution is 2.52. The number of nitrogen functional groups attached to an aromatic ring is 1. The van der Waals surface area contributed by atoms with Crippen molar-refractivity contribution >= 4 is 73.1 Å². The van der Waals surface area contributed by atoms with Crippen molar-refractivity contribution in [1.82, 2.24) is 14.9 Å². The van der Waals surface area contributed by atoms with Gasteiger partial charge < -0.3 is 5.73 Å². The zero-order chi connectivity index (χ0) is 19.6. The number of aromatic nitrogens is 2. The largest absolute Gasteiger partial charge is 0.398 e. The Morgan fingerprint density at radius 1 is 1.19 bits per heavy atom. The molecule has 1 saturated heterocycles. The molecule has 1 aromatic carbocycles. The van der Waals surface area contributed by atoms with Crippen molar-refractivity contribution in [3.8, 4) is 0 Å². The molecule has 3 N–H and O–H groups in total. The van der Waals surface area contributed by atoms with Crippen molar-refractivity contribution in [2.75, 3.05) is 5.73 Å². The molecule has 1 aromatic heterocycles. The van der Waals surface area contributed by atoms with Crippen LogP contribution in [0.3, 0.4) is 0 Å². The number of benzene rings is 1. The fourth-order valence-corrected chi connectivity index (χ4v) is 3.05. The van der Waals surface area contributed by atoms with Gasteiger partial charge in [-0.3, -0.25) is 24.3 Å². The number of imide groups is 1. The summed E-state index contributed by atoms with van der Waals surface area (Å²) >= 11 is 0. The molecule has 26 heavy (non-hydrogen) atoms. The third-order valence-electron chi connectivity index (χ3n) is 4.52. The fourth-order valence-electron chi connectivity index (χ4n) is 3.05. The smallest absolute Gasteiger partial charge is 0.264 e. The topological polar surface area (TPSA) is 107 Å². The monoisotopic (exact) mass is 336 g/mol. The van der Waals surface area contributed by atoms with E-state index in [0.717, 1.165) is 4.57 Å². The molecule has 2 amide bonds. The molecule has 2 aromatic rings. The van der Waals surface area contributed by atoms with Crippen LogP contribution in [0.1, 0.15) is 11.9 Å². The van der Waals surface area contributed by atoms with E-state index in [0.29, 0.717) is 5.46 Å². The number of rotatable bonds is 1. The molecule has 0 saturated carbocycles. The second-order valence-corrected chi connectivity index (χ2v) is 6.36. The first-order chi connectivity index (χ1) is 11.9. The molecule has 1 aliphatic rings. The van der Waals surface area contributed by atoms with Crippen molar-refractivity contribution in [1.29, 1.82) is 0 Å². The third-order valence-corrected chi connectivity index (χ3v) is 4.52. The molecular formula is C14H9B5N4O3. The van der Waals surface area contributed by atoms with Gasteiger partial charge in [0.2, 0.25) is 11.8 Å². The lowest BCUT2D eigenvalue weighted by molar-refractivity contribution is -0.137. The molecule has 118 valence electrons. The van der Waals surface area contributed by atoms with Gasteiger partial charge in [0.15, 0.2) is 0 Å². The number of aryl methyl sites for hydroxylation is 1. The Morgan fingerprint density at radius 3 is 2.42 bits per heavy atom. The van der Waals surface area contributed by atoms with Crippen LogP contribution in [0.2, 0.25) is 10.4 Å². The average molecular weight is 335 g/mol. The van der Waals surface area contributed by atoms with Crippen LogP contribution in [-0.2, 0) is 9.59 Å². The van der Waals surface area contributed by atoms with Crippen molar-refractivity contribution in [2.24, 2.45) is 0 Å². The summed E-state index contributed by atoms with van der Waals surface area (Å²) in [6.07, 6.45) is 0. The van der Waals surface area contributed by atoms with E-state index >= 15 is 0 Å². The van der Waals surface area contributed by atoms with Gasteiger partial charge in [0.25, 0.3) is 5.56 Å². The maximum atomic E-state index is 13.1. The minimum atomic E-state index is -2.32. The number of nitrogens with zero attached hydrogens (tertiary/aromatic N) is 2. The Bertz CT molecular complexity index is 1030. The van der Waals surface area contributed by atoms with Crippen LogP contribution in [0, 0.1) is 6.92 Å². The van der Waals surface area contributed by atoms with Crippen molar-refractivity contribution in [3.05, 3.63) is 28.3 Å². The minimum Gasteiger partial charge on any atom is -0.398 e. The third kappa shape index (κ3) is 2.35. The van der Waals surface area contributed by atoms with E-state index in [-0.39, 0.29) is 22.4 Å². The van der Waals surface area contributed by atoms with Gasteiger partial charge in [0.05, 0.1) is 42.3 Å². The van der Waals surface area contributed by atoms with Crippen LogP contribution in [-0.4, -0.2) is 60.6 Å². The summed E-state index contributed by atoms with van der Waals surface area (Å²) in [4.78, 5) is 41.7. The van der Waals surface area contributed by atoms with Crippen molar-refractivity contribution < 1.29 is 9.59 Å². The van der Waals surface area contributed by atoms with Gasteiger partial charge in [-0.15, -0.1) is 0 Å². The van der Waals surface area contributed by atoms with Crippen LogP contribution in [0.25, 0.3) is 10.9 Å². The van der Waals surface area contributed by atoms with Crippen LogP contribution < -0.4 is 22.1 Å². The normalized spacial score (nSPS) is 21.5. The summed E-state index contributed by atoms with van der Waals surface area (Å²) in [5, 5.41) is -2.61. The molecular weight excluding hydrogens is 326 g/mol. The van der Waals surface area contributed by atoms with Crippen LogP contribution in [0.5, 0.6) is 0 Å². The molecule has 7 nitrogen and oxygen atoms in total. The van der Waals surface area contributed by atoms with E-state index in [4.69, 9.17) is 45.0 Å².